The Morgan fingerprint density at radius 3 is 2.80 bits per heavy atom. The van der Waals surface area contributed by atoms with E-state index in [0.29, 0.717) is 5.92 Å². The number of hydrogen-bond donors (Lipinski definition) is 0. The Morgan fingerprint density at radius 1 is 1.40 bits per heavy atom. The van der Waals surface area contributed by atoms with Crippen molar-refractivity contribution in [2.24, 2.45) is 5.92 Å². The molecule has 1 fully saturated rings. The molecule has 1 aromatic heterocycles. The summed E-state index contributed by atoms with van der Waals surface area (Å²) in [6, 6.07) is 2.33. The zero-order chi connectivity index (χ0) is 10.5. The van der Waals surface area contributed by atoms with Crippen molar-refractivity contribution < 1.29 is 4.74 Å². The van der Waals surface area contributed by atoms with E-state index in [0.717, 1.165) is 31.7 Å². The second-order valence-electron chi connectivity index (χ2n) is 3.69. The first-order valence-electron chi connectivity index (χ1n) is 5.15. The summed E-state index contributed by atoms with van der Waals surface area (Å²) in [5.41, 5.74) is 0.784. The molecule has 0 amide bonds. The summed E-state index contributed by atoms with van der Waals surface area (Å²) in [6.45, 7) is 1.51. The van der Waals surface area contributed by atoms with E-state index in [-0.39, 0.29) is 5.92 Å². The van der Waals surface area contributed by atoms with Crippen molar-refractivity contribution in [1.29, 1.82) is 5.26 Å². The van der Waals surface area contributed by atoms with E-state index in [4.69, 9.17) is 4.74 Å². The van der Waals surface area contributed by atoms with Crippen LogP contribution in [-0.2, 0) is 4.74 Å². The van der Waals surface area contributed by atoms with Gasteiger partial charge >= 0.3 is 0 Å². The quantitative estimate of drug-likeness (QED) is 0.731. The van der Waals surface area contributed by atoms with E-state index in [9.17, 15) is 5.26 Å². The molecule has 0 saturated carbocycles. The van der Waals surface area contributed by atoms with E-state index in [1.807, 2.05) is 0 Å². The van der Waals surface area contributed by atoms with Crippen LogP contribution in [0.1, 0.15) is 24.5 Å². The predicted octanol–water partition coefficient (Wildman–Crippen LogP) is 1.51. The van der Waals surface area contributed by atoms with Crippen molar-refractivity contribution in [3.8, 4) is 6.07 Å². The minimum absolute atomic E-state index is 0.136. The summed E-state index contributed by atoms with van der Waals surface area (Å²) in [4.78, 5) is 8.20. The molecular formula is C11H13N3O. The van der Waals surface area contributed by atoms with E-state index >= 15 is 0 Å². The van der Waals surface area contributed by atoms with Crippen LogP contribution in [0, 0.1) is 17.2 Å². The molecule has 4 nitrogen and oxygen atoms in total. The maximum absolute atomic E-state index is 9.17. The smallest absolute Gasteiger partial charge is 0.0930 e. The van der Waals surface area contributed by atoms with Crippen molar-refractivity contribution in [1.82, 2.24) is 9.97 Å². The van der Waals surface area contributed by atoms with Crippen molar-refractivity contribution >= 4 is 0 Å². The van der Waals surface area contributed by atoms with Gasteiger partial charge in [-0.15, -0.1) is 0 Å². The average molecular weight is 203 g/mol. The number of aromatic nitrogens is 2. The normalized spacial score (nSPS) is 19.4. The first-order valence-corrected chi connectivity index (χ1v) is 5.15. The van der Waals surface area contributed by atoms with Crippen LogP contribution in [-0.4, -0.2) is 23.2 Å². The molecule has 1 aliphatic heterocycles. The van der Waals surface area contributed by atoms with Gasteiger partial charge in [-0.3, -0.25) is 9.97 Å². The molecule has 15 heavy (non-hydrogen) atoms. The molecule has 0 spiro atoms. The standard InChI is InChI=1S/C11H13N3O/c12-7-10(9-1-5-15-6-2-9)11-8-13-3-4-14-11/h3-4,8-10H,1-2,5-6H2. The molecule has 1 unspecified atom stereocenters. The molecule has 1 atom stereocenters. The molecule has 0 aromatic carbocycles. The molecule has 1 aliphatic rings. The van der Waals surface area contributed by atoms with Crippen LogP contribution in [0.5, 0.6) is 0 Å². The fourth-order valence-corrected chi connectivity index (χ4v) is 1.93. The Balaban J connectivity index is 2.14. The summed E-state index contributed by atoms with van der Waals surface area (Å²) < 4.78 is 5.28. The minimum Gasteiger partial charge on any atom is -0.381 e. The number of nitriles is 1. The number of ether oxygens (including phenoxy) is 1. The van der Waals surface area contributed by atoms with E-state index < -0.39 is 0 Å². The number of nitrogens with zero attached hydrogens (tertiary/aromatic N) is 3. The molecule has 0 aliphatic carbocycles. The summed E-state index contributed by atoms with van der Waals surface area (Å²) >= 11 is 0. The highest BCUT2D eigenvalue weighted by Gasteiger charge is 2.26. The van der Waals surface area contributed by atoms with E-state index in [1.165, 1.54) is 0 Å². The van der Waals surface area contributed by atoms with Gasteiger partial charge in [0.15, 0.2) is 0 Å². The van der Waals surface area contributed by atoms with Crippen LogP contribution >= 0.6 is 0 Å². The zero-order valence-corrected chi connectivity index (χ0v) is 8.47. The lowest BCUT2D eigenvalue weighted by molar-refractivity contribution is 0.0625. The van der Waals surface area contributed by atoms with Crippen molar-refractivity contribution in [2.45, 2.75) is 18.8 Å². The highest BCUT2D eigenvalue weighted by molar-refractivity contribution is 5.15. The van der Waals surface area contributed by atoms with Gasteiger partial charge < -0.3 is 4.74 Å². The summed E-state index contributed by atoms with van der Waals surface area (Å²) in [7, 11) is 0. The SMILES string of the molecule is N#CC(c1cnccn1)C1CCOCC1. The molecule has 1 aromatic rings. The first kappa shape index (κ1) is 10.1. The lowest BCUT2D eigenvalue weighted by Crippen LogP contribution is -2.22. The van der Waals surface area contributed by atoms with E-state index in [2.05, 4.69) is 16.0 Å². The van der Waals surface area contributed by atoms with Gasteiger partial charge in [0.1, 0.15) is 0 Å². The topological polar surface area (TPSA) is 58.8 Å². The fraction of sp³-hybridized carbons (Fsp3) is 0.545. The monoisotopic (exact) mass is 203 g/mol. The maximum atomic E-state index is 9.17. The Kier molecular flexibility index (Phi) is 3.25. The van der Waals surface area contributed by atoms with Gasteiger partial charge in [-0.05, 0) is 18.8 Å². The van der Waals surface area contributed by atoms with Crippen molar-refractivity contribution in [3.05, 3.63) is 24.3 Å². The third kappa shape index (κ3) is 2.31. The Hall–Kier alpha value is -1.47. The van der Waals surface area contributed by atoms with Gasteiger partial charge in [-0.2, -0.15) is 5.26 Å². The average Bonchev–Trinajstić information content (AvgIpc) is 2.33. The first-order chi connectivity index (χ1) is 7.42. The fourth-order valence-electron chi connectivity index (χ4n) is 1.93. The van der Waals surface area contributed by atoms with Crippen LogP contribution in [0.2, 0.25) is 0 Å². The Morgan fingerprint density at radius 2 is 2.20 bits per heavy atom. The number of hydrogen-bond acceptors (Lipinski definition) is 4. The Bertz CT molecular complexity index is 341. The molecule has 1 saturated heterocycles. The van der Waals surface area contributed by atoms with Gasteiger partial charge in [0.25, 0.3) is 0 Å². The molecule has 0 N–H and O–H groups in total. The number of rotatable bonds is 2. The molecular weight excluding hydrogens is 190 g/mol. The highest BCUT2D eigenvalue weighted by Crippen LogP contribution is 2.29. The summed E-state index contributed by atoms with van der Waals surface area (Å²) in [6.07, 6.45) is 6.83. The molecule has 2 rings (SSSR count). The van der Waals surface area contributed by atoms with Gasteiger partial charge in [0.05, 0.1) is 17.7 Å². The largest absolute Gasteiger partial charge is 0.381 e. The van der Waals surface area contributed by atoms with Crippen LogP contribution in [0.4, 0.5) is 0 Å². The zero-order valence-electron chi connectivity index (χ0n) is 8.47. The molecule has 0 bridgehead atoms. The minimum atomic E-state index is -0.136. The lowest BCUT2D eigenvalue weighted by Gasteiger charge is -2.25. The lowest BCUT2D eigenvalue weighted by atomic mass is 9.85. The van der Waals surface area contributed by atoms with Gasteiger partial charge in [-0.1, -0.05) is 0 Å². The second kappa shape index (κ2) is 4.85. The highest BCUT2D eigenvalue weighted by atomic mass is 16.5. The van der Waals surface area contributed by atoms with Crippen molar-refractivity contribution in [3.63, 3.8) is 0 Å². The second-order valence-corrected chi connectivity index (χ2v) is 3.69. The van der Waals surface area contributed by atoms with Gasteiger partial charge in [0, 0.05) is 31.8 Å². The van der Waals surface area contributed by atoms with Crippen LogP contribution in [0.3, 0.4) is 0 Å². The summed E-state index contributed by atoms with van der Waals surface area (Å²) in [5.74, 6) is 0.225. The molecule has 4 heteroatoms. The van der Waals surface area contributed by atoms with Crippen LogP contribution < -0.4 is 0 Å². The third-order valence-electron chi connectivity index (χ3n) is 2.78. The molecule has 0 radical (unpaired) electrons. The predicted molar refractivity (Wildman–Crippen MR) is 53.9 cm³/mol. The molecule has 2 heterocycles. The van der Waals surface area contributed by atoms with Gasteiger partial charge in [0.2, 0.25) is 0 Å². The maximum Gasteiger partial charge on any atom is 0.0930 e. The summed E-state index contributed by atoms with van der Waals surface area (Å²) in [5, 5.41) is 9.17. The van der Waals surface area contributed by atoms with Crippen molar-refractivity contribution in [2.75, 3.05) is 13.2 Å². The Labute approximate surface area is 88.9 Å². The van der Waals surface area contributed by atoms with E-state index in [1.54, 1.807) is 18.6 Å². The molecule has 78 valence electrons. The van der Waals surface area contributed by atoms with Crippen LogP contribution in [0.25, 0.3) is 0 Å². The van der Waals surface area contributed by atoms with Gasteiger partial charge in [-0.25, -0.2) is 0 Å². The third-order valence-corrected chi connectivity index (χ3v) is 2.78. The van der Waals surface area contributed by atoms with Crippen LogP contribution in [0.15, 0.2) is 18.6 Å².